The molecule has 2 aromatic carbocycles. The maximum Gasteiger partial charge on any atom is 0.162 e. The number of hydrogen-bond donors (Lipinski definition) is 1. The number of morpholine rings is 1. The van der Waals surface area contributed by atoms with E-state index in [1.165, 1.54) is 12.1 Å². The molecule has 1 fully saturated rings. The van der Waals surface area contributed by atoms with E-state index in [9.17, 15) is 4.39 Å². The Morgan fingerprint density at radius 1 is 1.20 bits per heavy atom. The number of ether oxygens (including phenoxy) is 3. The fourth-order valence-electron chi connectivity index (χ4n) is 2.84. The van der Waals surface area contributed by atoms with Gasteiger partial charge in [0.25, 0.3) is 0 Å². The molecule has 0 aliphatic carbocycles. The van der Waals surface area contributed by atoms with E-state index in [2.05, 4.69) is 5.32 Å². The molecular weight excluding hydrogens is 345 g/mol. The molecule has 3 rings (SSSR count). The second-order valence-electron chi connectivity index (χ2n) is 5.86. The van der Waals surface area contributed by atoms with Gasteiger partial charge in [-0.05, 0) is 42.3 Å². The van der Waals surface area contributed by atoms with Crippen molar-refractivity contribution in [2.75, 3.05) is 26.8 Å². The van der Waals surface area contributed by atoms with E-state index in [0.717, 1.165) is 17.7 Å². The van der Waals surface area contributed by atoms with Crippen LogP contribution in [-0.2, 0) is 4.74 Å². The van der Waals surface area contributed by atoms with Crippen molar-refractivity contribution in [2.45, 2.75) is 19.1 Å². The zero-order chi connectivity index (χ0) is 16.9. The van der Waals surface area contributed by atoms with E-state index < -0.39 is 6.10 Å². The molecule has 0 bridgehead atoms. The van der Waals surface area contributed by atoms with Crippen molar-refractivity contribution in [3.05, 3.63) is 59.4 Å². The molecule has 2 atom stereocenters. The fraction of sp³-hybridized carbons (Fsp3) is 0.368. The fourth-order valence-corrected chi connectivity index (χ4v) is 2.84. The first kappa shape index (κ1) is 19.5. The molecule has 0 radical (unpaired) electrons. The molecule has 1 saturated heterocycles. The third kappa shape index (κ3) is 4.84. The Hall–Kier alpha value is -1.82. The van der Waals surface area contributed by atoms with Gasteiger partial charge >= 0.3 is 0 Å². The van der Waals surface area contributed by atoms with E-state index in [4.69, 9.17) is 14.2 Å². The first-order valence-corrected chi connectivity index (χ1v) is 8.06. The number of hydrogen-bond acceptors (Lipinski definition) is 4. The Morgan fingerprint density at radius 3 is 2.72 bits per heavy atom. The number of nitrogens with one attached hydrogen (secondary N) is 1. The van der Waals surface area contributed by atoms with Gasteiger partial charge in [-0.1, -0.05) is 18.2 Å². The van der Waals surface area contributed by atoms with Crippen LogP contribution < -0.4 is 14.8 Å². The molecule has 0 aromatic heterocycles. The number of halogens is 2. The predicted octanol–water partition coefficient (Wildman–Crippen LogP) is 3.67. The van der Waals surface area contributed by atoms with Crippen molar-refractivity contribution in [1.82, 2.24) is 5.32 Å². The topological polar surface area (TPSA) is 39.7 Å². The van der Waals surface area contributed by atoms with Gasteiger partial charge in [-0.25, -0.2) is 4.39 Å². The average molecular weight is 368 g/mol. The summed E-state index contributed by atoms with van der Waals surface area (Å²) in [4.78, 5) is 0. The Balaban J connectivity index is 0.00000225. The van der Waals surface area contributed by atoms with Gasteiger partial charge in [0, 0.05) is 13.1 Å². The van der Waals surface area contributed by atoms with Gasteiger partial charge in [0.15, 0.2) is 17.6 Å². The third-order valence-corrected chi connectivity index (χ3v) is 4.04. The van der Waals surface area contributed by atoms with Crippen LogP contribution in [0, 0.1) is 12.7 Å². The van der Waals surface area contributed by atoms with Crippen LogP contribution in [0.3, 0.4) is 0 Å². The Labute approximate surface area is 153 Å². The third-order valence-electron chi connectivity index (χ3n) is 4.04. The molecule has 1 N–H and O–H groups in total. The lowest BCUT2D eigenvalue weighted by atomic mass is 10.0. The van der Waals surface area contributed by atoms with Crippen LogP contribution in [0.4, 0.5) is 4.39 Å². The van der Waals surface area contributed by atoms with Gasteiger partial charge in [-0.2, -0.15) is 0 Å². The molecule has 1 aliphatic heterocycles. The molecule has 1 heterocycles. The Bertz CT molecular complexity index is 692. The molecule has 6 heteroatoms. The van der Waals surface area contributed by atoms with Crippen molar-refractivity contribution >= 4 is 12.4 Å². The normalized spacial score (nSPS) is 18.1. The van der Waals surface area contributed by atoms with Crippen LogP contribution in [0.2, 0.25) is 0 Å². The molecule has 0 amide bonds. The number of aryl methyl sites for hydroxylation is 1. The summed E-state index contributed by atoms with van der Waals surface area (Å²) in [5, 5.41) is 3.30. The van der Waals surface area contributed by atoms with Crippen molar-refractivity contribution in [3.63, 3.8) is 0 Å². The highest BCUT2D eigenvalue weighted by Gasteiger charge is 2.29. The zero-order valence-corrected chi connectivity index (χ0v) is 15.1. The van der Waals surface area contributed by atoms with Gasteiger partial charge in [0.1, 0.15) is 11.9 Å². The van der Waals surface area contributed by atoms with Crippen LogP contribution >= 0.6 is 12.4 Å². The lowest BCUT2D eigenvalue weighted by Crippen LogP contribution is -2.43. The van der Waals surface area contributed by atoms with Crippen molar-refractivity contribution in [1.29, 1.82) is 0 Å². The summed E-state index contributed by atoms with van der Waals surface area (Å²) in [6.07, 6.45) is -0.630. The molecule has 0 unspecified atom stereocenters. The van der Waals surface area contributed by atoms with E-state index in [-0.39, 0.29) is 24.3 Å². The Kier molecular flexibility index (Phi) is 7.05. The van der Waals surface area contributed by atoms with E-state index in [0.29, 0.717) is 24.7 Å². The van der Waals surface area contributed by atoms with Gasteiger partial charge in [0.05, 0.1) is 13.7 Å². The number of methoxy groups -OCH3 is 1. The van der Waals surface area contributed by atoms with Crippen LogP contribution in [0.25, 0.3) is 0 Å². The summed E-state index contributed by atoms with van der Waals surface area (Å²) in [6, 6.07) is 12.2. The lowest BCUT2D eigenvalue weighted by molar-refractivity contribution is -0.0439. The molecule has 25 heavy (non-hydrogen) atoms. The quantitative estimate of drug-likeness (QED) is 0.875. The van der Waals surface area contributed by atoms with Crippen molar-refractivity contribution < 1.29 is 18.6 Å². The first-order valence-electron chi connectivity index (χ1n) is 8.06. The Morgan fingerprint density at radius 2 is 2.04 bits per heavy atom. The van der Waals surface area contributed by atoms with Crippen LogP contribution in [0.1, 0.15) is 17.2 Å². The minimum Gasteiger partial charge on any atom is -0.493 e. The second-order valence-corrected chi connectivity index (χ2v) is 5.86. The van der Waals surface area contributed by atoms with E-state index >= 15 is 0 Å². The second kappa shape index (κ2) is 9.04. The summed E-state index contributed by atoms with van der Waals surface area (Å²) < 4.78 is 31.2. The standard InChI is InChI=1S/C19H22FNO3.ClH/c1-13-6-7-16(22-2)17(10-13)24-19(18-12-21-8-9-23-18)14-4-3-5-15(20)11-14;/h3-7,10-11,18-19,21H,8-9,12H2,1-2H3;1H/t18-,19-;/m0./s1. The van der Waals surface area contributed by atoms with Crippen LogP contribution in [-0.4, -0.2) is 32.9 Å². The summed E-state index contributed by atoms with van der Waals surface area (Å²) >= 11 is 0. The maximum atomic E-state index is 13.7. The minimum absolute atomic E-state index is 0. The highest BCUT2D eigenvalue weighted by atomic mass is 35.5. The number of rotatable bonds is 5. The van der Waals surface area contributed by atoms with Crippen molar-refractivity contribution in [3.8, 4) is 11.5 Å². The molecule has 0 spiro atoms. The van der Waals surface area contributed by atoms with Gasteiger partial charge in [-0.15, -0.1) is 12.4 Å². The summed E-state index contributed by atoms with van der Waals surface area (Å²) in [6.45, 7) is 4.04. The smallest absolute Gasteiger partial charge is 0.162 e. The molecule has 136 valence electrons. The SMILES string of the molecule is COc1ccc(C)cc1O[C@@H](c1cccc(F)c1)[C@@H]1CNCCO1.Cl. The molecule has 4 nitrogen and oxygen atoms in total. The van der Waals surface area contributed by atoms with Crippen molar-refractivity contribution in [2.24, 2.45) is 0 Å². The molecule has 1 aliphatic rings. The lowest BCUT2D eigenvalue weighted by Gasteiger charge is -2.32. The highest BCUT2D eigenvalue weighted by Crippen LogP contribution is 2.34. The number of benzene rings is 2. The molecule has 2 aromatic rings. The predicted molar refractivity (Wildman–Crippen MR) is 97.4 cm³/mol. The summed E-state index contributed by atoms with van der Waals surface area (Å²) in [5.74, 6) is 0.979. The van der Waals surface area contributed by atoms with Gasteiger partial charge < -0.3 is 19.5 Å². The first-order chi connectivity index (χ1) is 11.7. The van der Waals surface area contributed by atoms with E-state index in [1.54, 1.807) is 13.2 Å². The van der Waals surface area contributed by atoms with Crippen LogP contribution in [0.5, 0.6) is 11.5 Å². The summed E-state index contributed by atoms with van der Waals surface area (Å²) in [5.41, 5.74) is 1.80. The van der Waals surface area contributed by atoms with E-state index in [1.807, 2.05) is 31.2 Å². The summed E-state index contributed by atoms with van der Waals surface area (Å²) in [7, 11) is 1.60. The zero-order valence-electron chi connectivity index (χ0n) is 14.3. The molecular formula is C19H23ClFNO3. The van der Waals surface area contributed by atoms with Crippen LogP contribution in [0.15, 0.2) is 42.5 Å². The highest BCUT2D eigenvalue weighted by molar-refractivity contribution is 5.85. The average Bonchev–Trinajstić information content (AvgIpc) is 2.60. The van der Waals surface area contributed by atoms with Gasteiger partial charge in [-0.3, -0.25) is 0 Å². The minimum atomic E-state index is -0.427. The maximum absolute atomic E-state index is 13.7. The van der Waals surface area contributed by atoms with Gasteiger partial charge in [0.2, 0.25) is 0 Å². The largest absolute Gasteiger partial charge is 0.493 e. The monoisotopic (exact) mass is 367 g/mol. The molecule has 0 saturated carbocycles.